The molecule has 0 aromatic rings. The molecule has 1 unspecified atom stereocenters. The minimum Gasteiger partial charge on any atom is -0.460 e. The van der Waals surface area contributed by atoms with Gasteiger partial charge in [0.25, 0.3) is 0 Å². The quantitative estimate of drug-likeness (QED) is 0.285. The summed E-state index contributed by atoms with van der Waals surface area (Å²) in [5, 5.41) is 0. The van der Waals surface area contributed by atoms with E-state index in [9.17, 15) is 9.36 Å². The van der Waals surface area contributed by atoms with E-state index in [4.69, 9.17) is 0 Å². The van der Waals surface area contributed by atoms with E-state index in [2.05, 4.69) is 20.4 Å². The second-order valence-electron chi connectivity index (χ2n) is 2.16. The topological polar surface area (TPSA) is 61.8 Å². The second kappa shape index (κ2) is 6.71. The Labute approximate surface area is 77.6 Å². The summed E-state index contributed by atoms with van der Waals surface area (Å²) in [7, 11) is -0.826. The van der Waals surface area contributed by atoms with Gasteiger partial charge in [0.2, 0.25) is 0 Å². The minimum absolute atomic E-state index is 0.0378. The number of carbonyl (C=O) groups excluding carboxylic acids is 1. The maximum atomic E-state index is 10.8. The van der Waals surface area contributed by atoms with Crippen LogP contribution in [0.25, 0.3) is 0 Å². The van der Waals surface area contributed by atoms with Crippen LogP contribution in [0.15, 0.2) is 12.2 Å². The first-order valence-electron chi connectivity index (χ1n) is 3.55. The van der Waals surface area contributed by atoms with Crippen LogP contribution in [0.2, 0.25) is 0 Å². The third kappa shape index (κ3) is 6.40. The van der Waals surface area contributed by atoms with Crippen molar-refractivity contribution in [3.8, 4) is 0 Å². The van der Waals surface area contributed by atoms with E-state index in [0.29, 0.717) is 5.57 Å². The lowest BCUT2D eigenvalue weighted by molar-refractivity contribution is -0.139. The molecular formula is C7H12O5P+. The minimum atomic E-state index is -2.09. The fraction of sp³-hybridized carbons (Fsp3) is 0.571. The van der Waals surface area contributed by atoms with Gasteiger partial charge in [-0.05, 0) is 6.92 Å². The zero-order chi connectivity index (χ0) is 10.3. The van der Waals surface area contributed by atoms with E-state index < -0.39 is 14.2 Å². The first-order chi connectivity index (χ1) is 6.07. The Hall–Kier alpha value is -0.770. The van der Waals surface area contributed by atoms with Gasteiger partial charge in [0, 0.05) is 10.1 Å². The Morgan fingerprint density at radius 3 is 2.54 bits per heavy atom. The fourth-order valence-corrected chi connectivity index (χ4v) is 0.751. The van der Waals surface area contributed by atoms with Crippen LogP contribution < -0.4 is 0 Å². The summed E-state index contributed by atoms with van der Waals surface area (Å²) in [5.74, 6) is -0.490. The van der Waals surface area contributed by atoms with Crippen LogP contribution >= 0.6 is 8.25 Å². The standard InChI is InChI=1S/C7H12O5P/c1-6(2)7(8)11-4-5-12-13(9)10-3/h1,4-5H2,2-3H3/q+1. The molecule has 6 heteroatoms. The maximum absolute atomic E-state index is 10.8. The molecule has 5 nitrogen and oxygen atoms in total. The number of esters is 1. The molecular weight excluding hydrogens is 195 g/mol. The molecule has 0 aromatic heterocycles. The fourth-order valence-electron chi connectivity index (χ4n) is 0.422. The Kier molecular flexibility index (Phi) is 6.32. The van der Waals surface area contributed by atoms with Crippen molar-refractivity contribution < 1.29 is 23.1 Å². The third-order valence-electron chi connectivity index (χ3n) is 1.01. The lowest BCUT2D eigenvalue weighted by Crippen LogP contribution is -2.09. The van der Waals surface area contributed by atoms with E-state index in [1.54, 1.807) is 6.92 Å². The van der Waals surface area contributed by atoms with Gasteiger partial charge in [-0.3, -0.25) is 0 Å². The maximum Gasteiger partial charge on any atom is 0.697 e. The number of hydrogen-bond donors (Lipinski definition) is 0. The van der Waals surface area contributed by atoms with E-state index in [-0.39, 0.29) is 13.2 Å². The molecule has 0 aliphatic rings. The Morgan fingerprint density at radius 2 is 2.08 bits per heavy atom. The molecule has 0 aliphatic heterocycles. The van der Waals surface area contributed by atoms with Gasteiger partial charge in [0.05, 0.1) is 7.11 Å². The zero-order valence-corrected chi connectivity index (χ0v) is 8.50. The van der Waals surface area contributed by atoms with Crippen LogP contribution in [0.5, 0.6) is 0 Å². The molecule has 13 heavy (non-hydrogen) atoms. The number of rotatable bonds is 6. The van der Waals surface area contributed by atoms with Gasteiger partial charge in [0.1, 0.15) is 13.2 Å². The second-order valence-corrected chi connectivity index (χ2v) is 3.23. The number of carbonyl (C=O) groups is 1. The highest BCUT2D eigenvalue weighted by molar-refractivity contribution is 7.33. The first kappa shape index (κ1) is 12.2. The van der Waals surface area contributed by atoms with Gasteiger partial charge in [-0.15, -0.1) is 9.05 Å². The highest BCUT2D eigenvalue weighted by Gasteiger charge is 2.16. The summed E-state index contributed by atoms with van der Waals surface area (Å²) in [4.78, 5) is 10.8. The predicted octanol–water partition coefficient (Wildman–Crippen LogP) is 1.43. The average molecular weight is 207 g/mol. The van der Waals surface area contributed by atoms with Crippen molar-refractivity contribution in [2.24, 2.45) is 0 Å². The van der Waals surface area contributed by atoms with Crippen molar-refractivity contribution in [1.29, 1.82) is 0 Å². The largest absolute Gasteiger partial charge is 0.697 e. The molecule has 0 amide bonds. The van der Waals surface area contributed by atoms with Gasteiger partial charge in [-0.25, -0.2) is 4.79 Å². The highest BCUT2D eigenvalue weighted by atomic mass is 31.1. The van der Waals surface area contributed by atoms with Crippen LogP contribution in [0, 0.1) is 0 Å². The van der Waals surface area contributed by atoms with Crippen molar-refractivity contribution >= 4 is 14.2 Å². The monoisotopic (exact) mass is 207 g/mol. The smallest absolute Gasteiger partial charge is 0.460 e. The average Bonchev–Trinajstić information content (AvgIpc) is 2.11. The van der Waals surface area contributed by atoms with E-state index in [1.807, 2.05) is 0 Å². The molecule has 74 valence electrons. The summed E-state index contributed by atoms with van der Waals surface area (Å²) < 4.78 is 24.1. The highest BCUT2D eigenvalue weighted by Crippen LogP contribution is 2.20. The molecule has 0 N–H and O–H groups in total. The molecule has 0 saturated carbocycles. The van der Waals surface area contributed by atoms with Crippen molar-refractivity contribution in [2.75, 3.05) is 20.3 Å². The van der Waals surface area contributed by atoms with Crippen molar-refractivity contribution in [1.82, 2.24) is 0 Å². The van der Waals surface area contributed by atoms with Gasteiger partial charge in [-0.2, -0.15) is 0 Å². The van der Waals surface area contributed by atoms with Crippen LogP contribution in [0.3, 0.4) is 0 Å². The predicted molar refractivity (Wildman–Crippen MR) is 46.3 cm³/mol. The first-order valence-corrected chi connectivity index (χ1v) is 4.64. The zero-order valence-electron chi connectivity index (χ0n) is 7.61. The lowest BCUT2D eigenvalue weighted by atomic mass is 10.4. The van der Waals surface area contributed by atoms with Crippen molar-refractivity contribution in [3.05, 3.63) is 12.2 Å². The van der Waals surface area contributed by atoms with Gasteiger partial charge in [-0.1, -0.05) is 6.58 Å². The summed E-state index contributed by atoms with van der Waals surface area (Å²) in [6.07, 6.45) is 0. The number of hydrogen-bond acceptors (Lipinski definition) is 5. The number of ether oxygens (including phenoxy) is 1. The molecule has 0 bridgehead atoms. The molecule has 0 aromatic carbocycles. The molecule has 0 radical (unpaired) electrons. The van der Waals surface area contributed by atoms with Crippen LogP contribution in [-0.4, -0.2) is 26.3 Å². The van der Waals surface area contributed by atoms with E-state index >= 15 is 0 Å². The lowest BCUT2D eigenvalue weighted by Gasteiger charge is -1.99. The SMILES string of the molecule is C=C(C)C(=O)OCCO[P+](=O)OC. The Balaban J connectivity index is 3.41. The van der Waals surface area contributed by atoms with Gasteiger partial charge >= 0.3 is 14.2 Å². The summed E-state index contributed by atoms with van der Waals surface area (Å²) >= 11 is 0. The summed E-state index contributed by atoms with van der Waals surface area (Å²) in [5.41, 5.74) is 0.316. The third-order valence-corrected chi connectivity index (χ3v) is 1.70. The molecule has 0 fully saturated rings. The Morgan fingerprint density at radius 1 is 1.46 bits per heavy atom. The molecule has 1 atom stereocenters. The summed E-state index contributed by atoms with van der Waals surface area (Å²) in [6, 6.07) is 0. The summed E-state index contributed by atoms with van der Waals surface area (Å²) in [6.45, 7) is 5.01. The molecule has 0 aliphatic carbocycles. The van der Waals surface area contributed by atoms with Crippen LogP contribution in [-0.2, 0) is 23.1 Å². The molecule has 0 spiro atoms. The van der Waals surface area contributed by atoms with Crippen LogP contribution in [0.1, 0.15) is 6.92 Å². The molecule has 0 rings (SSSR count). The Bertz CT molecular complexity index is 213. The van der Waals surface area contributed by atoms with Gasteiger partial charge in [0.15, 0.2) is 0 Å². The normalized spacial score (nSPS) is 10.8. The van der Waals surface area contributed by atoms with Crippen LogP contribution in [0.4, 0.5) is 0 Å². The van der Waals surface area contributed by atoms with Crippen molar-refractivity contribution in [3.63, 3.8) is 0 Å². The molecule has 0 saturated heterocycles. The molecule has 0 heterocycles. The van der Waals surface area contributed by atoms with Crippen molar-refractivity contribution in [2.45, 2.75) is 6.92 Å². The van der Waals surface area contributed by atoms with Gasteiger partial charge < -0.3 is 4.74 Å². The van der Waals surface area contributed by atoms with E-state index in [0.717, 1.165) is 0 Å². The van der Waals surface area contributed by atoms with E-state index in [1.165, 1.54) is 7.11 Å².